The number of ether oxygens (including phenoxy) is 2. The topological polar surface area (TPSA) is 62.8 Å². The van der Waals surface area contributed by atoms with Crippen LogP contribution in [0, 0.1) is 0 Å². The van der Waals surface area contributed by atoms with Crippen molar-refractivity contribution in [3.05, 3.63) is 108 Å². The molecule has 0 fully saturated rings. The van der Waals surface area contributed by atoms with Gasteiger partial charge in [-0.15, -0.1) is 0 Å². The van der Waals surface area contributed by atoms with Crippen LogP contribution in [-0.2, 0) is 11.2 Å². The smallest absolute Gasteiger partial charge is 0.319 e. The van der Waals surface area contributed by atoms with Crippen LogP contribution in [0.25, 0.3) is 11.1 Å². The van der Waals surface area contributed by atoms with E-state index < -0.39 is 0 Å². The molecule has 4 rings (SSSR count). The van der Waals surface area contributed by atoms with Gasteiger partial charge in [-0.1, -0.05) is 60.7 Å². The molecule has 0 saturated carbocycles. The molecule has 3 aromatic rings. The van der Waals surface area contributed by atoms with Crippen LogP contribution < -0.4 is 15.4 Å². The summed E-state index contributed by atoms with van der Waals surface area (Å²) in [5, 5.41) is 5.76. The number of anilines is 1. The molecule has 0 aliphatic carbocycles. The molecule has 1 heterocycles. The van der Waals surface area contributed by atoms with E-state index in [-0.39, 0.29) is 6.03 Å². The van der Waals surface area contributed by atoms with Crippen LogP contribution >= 0.6 is 0 Å². The van der Waals surface area contributed by atoms with Crippen molar-refractivity contribution in [1.29, 1.82) is 0 Å². The fourth-order valence-corrected chi connectivity index (χ4v) is 3.96. The molecule has 1 aliphatic heterocycles. The molecular weight excluding hydrogens is 438 g/mol. The Hall–Kier alpha value is -4.03. The minimum absolute atomic E-state index is 0.245. The van der Waals surface area contributed by atoms with Gasteiger partial charge in [-0.2, -0.15) is 0 Å². The van der Waals surface area contributed by atoms with Gasteiger partial charge in [-0.25, -0.2) is 4.79 Å². The highest BCUT2D eigenvalue weighted by Crippen LogP contribution is 2.24. The zero-order valence-corrected chi connectivity index (χ0v) is 19.9. The van der Waals surface area contributed by atoms with E-state index in [1.165, 1.54) is 16.7 Å². The molecule has 6 heteroatoms. The molecule has 2 N–H and O–H groups in total. The van der Waals surface area contributed by atoms with E-state index in [2.05, 4.69) is 59.2 Å². The molecule has 3 aromatic carbocycles. The summed E-state index contributed by atoms with van der Waals surface area (Å²) in [5.74, 6) is 0.769. The molecule has 0 spiro atoms. The van der Waals surface area contributed by atoms with Crippen LogP contribution in [0.3, 0.4) is 0 Å². The number of amides is 2. The minimum Gasteiger partial charge on any atom is -0.493 e. The lowest BCUT2D eigenvalue weighted by molar-refractivity contribution is 0.101. The van der Waals surface area contributed by atoms with Crippen molar-refractivity contribution in [1.82, 2.24) is 10.2 Å². The van der Waals surface area contributed by atoms with Crippen LogP contribution in [0.1, 0.15) is 5.56 Å². The molecule has 1 aliphatic rings. The Balaban J connectivity index is 1.22. The first-order valence-electron chi connectivity index (χ1n) is 11.7. The zero-order chi connectivity index (χ0) is 24.3. The SMILES string of the molecule is COCN1C=CC=C(CNC(=O)Nc2ccc(OCCc3ccccc3-c3ccccc3)cc2)C1. The van der Waals surface area contributed by atoms with Crippen molar-refractivity contribution in [3.63, 3.8) is 0 Å². The van der Waals surface area contributed by atoms with Crippen molar-refractivity contribution in [3.8, 4) is 16.9 Å². The maximum Gasteiger partial charge on any atom is 0.319 e. The van der Waals surface area contributed by atoms with Crippen molar-refractivity contribution >= 4 is 11.7 Å². The molecule has 2 amide bonds. The van der Waals surface area contributed by atoms with Crippen LogP contribution in [0.15, 0.2) is 103 Å². The third kappa shape index (κ3) is 7.22. The maximum atomic E-state index is 12.3. The van der Waals surface area contributed by atoms with Crippen molar-refractivity contribution in [2.45, 2.75) is 6.42 Å². The lowest BCUT2D eigenvalue weighted by Crippen LogP contribution is -2.34. The van der Waals surface area contributed by atoms with Gasteiger partial charge in [0.2, 0.25) is 0 Å². The first-order valence-corrected chi connectivity index (χ1v) is 11.7. The van der Waals surface area contributed by atoms with E-state index in [1.54, 1.807) is 7.11 Å². The van der Waals surface area contributed by atoms with Crippen LogP contribution in [-0.4, -0.2) is 44.5 Å². The predicted octanol–water partition coefficient (Wildman–Crippen LogP) is 5.46. The van der Waals surface area contributed by atoms with Crippen LogP contribution in [0.5, 0.6) is 5.75 Å². The van der Waals surface area contributed by atoms with Gasteiger partial charge in [-0.3, -0.25) is 0 Å². The Morgan fingerprint density at radius 2 is 1.74 bits per heavy atom. The summed E-state index contributed by atoms with van der Waals surface area (Å²) >= 11 is 0. The van der Waals surface area contributed by atoms with Crippen molar-refractivity contribution in [2.24, 2.45) is 0 Å². The number of hydrogen-bond donors (Lipinski definition) is 2. The molecule has 0 radical (unpaired) electrons. The second-order valence-electron chi connectivity index (χ2n) is 8.28. The maximum absolute atomic E-state index is 12.3. The number of rotatable bonds is 10. The highest BCUT2D eigenvalue weighted by molar-refractivity contribution is 5.89. The van der Waals surface area contributed by atoms with E-state index in [0.717, 1.165) is 24.3 Å². The Bertz CT molecular complexity index is 1160. The van der Waals surface area contributed by atoms with E-state index in [1.807, 2.05) is 53.6 Å². The number of allylic oxidation sites excluding steroid dienone is 2. The Morgan fingerprint density at radius 3 is 2.54 bits per heavy atom. The second kappa shape index (κ2) is 12.4. The molecule has 0 saturated heterocycles. The van der Waals surface area contributed by atoms with Gasteiger partial charge in [0.05, 0.1) is 6.61 Å². The number of carbonyl (C=O) groups excluding carboxylic acids is 1. The highest BCUT2D eigenvalue weighted by atomic mass is 16.5. The van der Waals surface area contributed by atoms with Crippen LogP contribution in [0.4, 0.5) is 10.5 Å². The molecule has 0 aromatic heterocycles. The fraction of sp³-hybridized carbons (Fsp3) is 0.207. The third-order valence-corrected chi connectivity index (χ3v) is 5.66. The third-order valence-electron chi connectivity index (χ3n) is 5.66. The normalized spacial score (nSPS) is 12.7. The lowest BCUT2D eigenvalue weighted by atomic mass is 9.98. The van der Waals surface area contributed by atoms with Crippen molar-refractivity contribution in [2.75, 3.05) is 38.9 Å². The zero-order valence-electron chi connectivity index (χ0n) is 19.9. The average molecular weight is 470 g/mol. The summed E-state index contributed by atoms with van der Waals surface area (Å²) in [5.41, 5.74) is 5.51. The fourth-order valence-electron chi connectivity index (χ4n) is 3.96. The predicted molar refractivity (Wildman–Crippen MR) is 140 cm³/mol. The Kier molecular flexibility index (Phi) is 8.57. The number of nitrogens with zero attached hydrogens (tertiary/aromatic N) is 1. The summed E-state index contributed by atoms with van der Waals surface area (Å²) in [6.45, 7) is 2.29. The number of urea groups is 1. The van der Waals surface area contributed by atoms with Crippen LogP contribution in [0.2, 0.25) is 0 Å². The molecule has 0 bridgehead atoms. The van der Waals surface area contributed by atoms with Gasteiger partial charge in [0, 0.05) is 38.5 Å². The molecule has 0 atom stereocenters. The molecule has 6 nitrogen and oxygen atoms in total. The minimum atomic E-state index is -0.245. The molecule has 0 unspecified atom stereocenters. The number of hydrogen-bond acceptors (Lipinski definition) is 4. The van der Waals surface area contributed by atoms with E-state index in [4.69, 9.17) is 9.47 Å². The molecule has 180 valence electrons. The summed E-state index contributed by atoms with van der Waals surface area (Å²) in [4.78, 5) is 14.3. The van der Waals surface area contributed by atoms with E-state index in [0.29, 0.717) is 25.6 Å². The monoisotopic (exact) mass is 469 g/mol. The Labute approximate surface area is 206 Å². The summed E-state index contributed by atoms with van der Waals surface area (Å²) in [7, 11) is 1.67. The lowest BCUT2D eigenvalue weighted by Gasteiger charge is -2.23. The number of methoxy groups -OCH3 is 1. The van der Waals surface area contributed by atoms with E-state index >= 15 is 0 Å². The molecule has 35 heavy (non-hydrogen) atoms. The van der Waals surface area contributed by atoms with Gasteiger partial charge in [0.25, 0.3) is 0 Å². The first-order chi connectivity index (χ1) is 17.2. The van der Waals surface area contributed by atoms with Gasteiger partial charge < -0.3 is 25.0 Å². The summed E-state index contributed by atoms with van der Waals surface area (Å²) in [6.07, 6.45) is 6.74. The molecular formula is C29H31N3O3. The second-order valence-corrected chi connectivity index (χ2v) is 8.28. The number of carbonyl (C=O) groups is 1. The first kappa shape index (κ1) is 24.1. The summed E-state index contributed by atoms with van der Waals surface area (Å²) in [6, 6.07) is 26.0. The standard InChI is InChI=1S/C29H31N3O3/c1-34-22-32-18-7-8-23(21-32)20-30-29(33)31-26-13-15-27(16-14-26)35-19-17-25-11-5-6-12-28(25)24-9-3-2-4-10-24/h2-16,18H,17,19-22H2,1H3,(H2,30,31,33). The van der Waals surface area contributed by atoms with Gasteiger partial charge in [-0.05, 0) is 52.6 Å². The van der Waals surface area contributed by atoms with Gasteiger partial charge >= 0.3 is 6.03 Å². The number of benzene rings is 3. The van der Waals surface area contributed by atoms with Gasteiger partial charge in [0.1, 0.15) is 12.5 Å². The van der Waals surface area contributed by atoms with Gasteiger partial charge in [0.15, 0.2) is 0 Å². The quantitative estimate of drug-likeness (QED) is 0.414. The highest BCUT2D eigenvalue weighted by Gasteiger charge is 2.09. The average Bonchev–Trinajstić information content (AvgIpc) is 2.90. The summed E-state index contributed by atoms with van der Waals surface area (Å²) < 4.78 is 11.1. The van der Waals surface area contributed by atoms with Crippen molar-refractivity contribution < 1.29 is 14.3 Å². The largest absolute Gasteiger partial charge is 0.493 e. The Morgan fingerprint density at radius 1 is 0.971 bits per heavy atom. The number of nitrogens with one attached hydrogen (secondary N) is 2. The van der Waals surface area contributed by atoms with E-state index in [9.17, 15) is 4.79 Å².